The summed E-state index contributed by atoms with van der Waals surface area (Å²) in [5, 5.41) is 15.9. The number of imidazole rings is 1. The number of rotatable bonds is 3. The van der Waals surface area contributed by atoms with Gasteiger partial charge in [0.25, 0.3) is 0 Å². The van der Waals surface area contributed by atoms with Gasteiger partial charge in [-0.05, 0) is 11.4 Å². The largest absolute Gasteiger partial charge is 0.386 e. The third-order valence-electron chi connectivity index (χ3n) is 2.56. The molecule has 6 heteroatoms. The van der Waals surface area contributed by atoms with Crippen LogP contribution in [-0.4, -0.2) is 20.0 Å². The van der Waals surface area contributed by atoms with Gasteiger partial charge in [0.2, 0.25) is 0 Å². The van der Waals surface area contributed by atoms with Crippen LogP contribution in [0.3, 0.4) is 0 Å². The first-order valence-corrected chi connectivity index (χ1v) is 6.08. The predicted octanol–water partition coefficient (Wildman–Crippen LogP) is 1.80. The normalized spacial score (nSPS) is 11.1. The number of nitrogens with one attached hydrogen (secondary N) is 1. The smallest absolute Gasteiger partial charge is 0.136 e. The number of aromatic nitrogens is 3. The van der Waals surface area contributed by atoms with Crippen LogP contribution in [0.1, 0.15) is 0 Å². The van der Waals surface area contributed by atoms with E-state index in [9.17, 15) is 0 Å². The van der Waals surface area contributed by atoms with E-state index in [1.807, 2.05) is 34.5 Å². The summed E-state index contributed by atoms with van der Waals surface area (Å²) in [7, 11) is 0. The number of hydrogen-bond donors (Lipinski definition) is 2. The number of fused-ring (bicyclic) bond motifs is 1. The third-order valence-corrected chi connectivity index (χ3v) is 3.24. The van der Waals surface area contributed by atoms with Crippen LogP contribution in [0.25, 0.3) is 16.9 Å². The molecule has 3 N–H and O–H groups in total. The molecule has 0 unspecified atom stereocenters. The van der Waals surface area contributed by atoms with Crippen LogP contribution in [0.15, 0.2) is 35.3 Å². The Morgan fingerprint density at radius 3 is 3.06 bits per heavy atom. The Kier molecular flexibility index (Phi) is 2.22. The Hall–Kier alpha value is -2.08. The highest BCUT2D eigenvalue weighted by Gasteiger charge is 2.08. The topological polar surface area (TPSA) is 72.1 Å². The Labute approximate surface area is 102 Å². The fourth-order valence-electron chi connectivity index (χ4n) is 1.80. The van der Waals surface area contributed by atoms with Gasteiger partial charge in [-0.3, -0.25) is 5.41 Å². The van der Waals surface area contributed by atoms with Crippen molar-refractivity contribution < 1.29 is 0 Å². The first-order chi connectivity index (χ1) is 8.24. The lowest BCUT2D eigenvalue weighted by Gasteiger charge is -1.99. The number of hydrogen-bond acceptors (Lipinski definition) is 3. The molecule has 0 fully saturated rings. The van der Waals surface area contributed by atoms with Gasteiger partial charge in [0.05, 0.1) is 12.2 Å². The molecule has 3 rings (SSSR count). The molecule has 0 aliphatic rings. The molecule has 0 saturated heterocycles. The summed E-state index contributed by atoms with van der Waals surface area (Å²) in [6.45, 7) is 0.394. The SMILES string of the molecule is N=C(N)Cn1ccn2nc(-c3ccsc3)cc12. The van der Waals surface area contributed by atoms with Crippen molar-refractivity contribution in [3.8, 4) is 11.3 Å². The Morgan fingerprint density at radius 2 is 2.35 bits per heavy atom. The third kappa shape index (κ3) is 1.72. The second-order valence-corrected chi connectivity index (χ2v) is 4.58. The Balaban J connectivity index is 2.08. The van der Waals surface area contributed by atoms with E-state index in [-0.39, 0.29) is 5.84 Å². The minimum atomic E-state index is 0.140. The number of thiophene rings is 1. The molecule has 86 valence electrons. The number of nitrogens with zero attached hydrogens (tertiary/aromatic N) is 3. The molecule has 17 heavy (non-hydrogen) atoms. The second kappa shape index (κ2) is 3.74. The zero-order valence-corrected chi connectivity index (χ0v) is 9.81. The highest BCUT2D eigenvalue weighted by molar-refractivity contribution is 7.08. The molecule has 0 atom stereocenters. The van der Waals surface area contributed by atoms with Gasteiger partial charge in [0.15, 0.2) is 0 Å². The lowest BCUT2D eigenvalue weighted by atomic mass is 10.2. The molecule has 3 aromatic rings. The first-order valence-electron chi connectivity index (χ1n) is 5.14. The van der Waals surface area contributed by atoms with E-state index in [0.717, 1.165) is 16.9 Å². The molecular weight excluding hydrogens is 234 g/mol. The van der Waals surface area contributed by atoms with Crippen LogP contribution >= 0.6 is 11.3 Å². The fraction of sp³-hybridized carbons (Fsp3) is 0.0909. The average Bonchev–Trinajstić information content (AvgIpc) is 2.93. The molecule has 5 nitrogen and oxygen atoms in total. The van der Waals surface area contributed by atoms with Gasteiger partial charge >= 0.3 is 0 Å². The molecule has 0 aromatic carbocycles. The standard InChI is InChI=1S/C11H11N5S/c12-10(13)6-15-2-3-16-11(15)5-9(14-16)8-1-4-17-7-8/h1-5,7H,6H2,(H3,12,13). The van der Waals surface area contributed by atoms with Gasteiger partial charge in [-0.1, -0.05) is 0 Å². The van der Waals surface area contributed by atoms with Crippen LogP contribution in [0.2, 0.25) is 0 Å². The van der Waals surface area contributed by atoms with Gasteiger partial charge in [0, 0.05) is 29.4 Å². The van der Waals surface area contributed by atoms with Gasteiger partial charge in [-0.2, -0.15) is 16.4 Å². The second-order valence-electron chi connectivity index (χ2n) is 3.80. The van der Waals surface area contributed by atoms with E-state index in [0.29, 0.717) is 6.54 Å². The molecular formula is C11H11N5S. The molecule has 3 aromatic heterocycles. The lowest BCUT2D eigenvalue weighted by Crippen LogP contribution is -2.17. The van der Waals surface area contributed by atoms with Crippen LogP contribution in [-0.2, 0) is 6.54 Å². The maximum Gasteiger partial charge on any atom is 0.136 e. The summed E-state index contributed by atoms with van der Waals surface area (Å²) in [6.07, 6.45) is 3.75. The average molecular weight is 245 g/mol. The van der Waals surface area contributed by atoms with Crippen LogP contribution in [0.4, 0.5) is 0 Å². The van der Waals surface area contributed by atoms with Gasteiger partial charge in [-0.25, -0.2) is 4.52 Å². The maximum absolute atomic E-state index is 7.32. The molecule has 0 spiro atoms. The Morgan fingerprint density at radius 1 is 1.47 bits per heavy atom. The number of nitrogens with two attached hydrogens (primary N) is 1. The molecule has 0 aliphatic carbocycles. The minimum absolute atomic E-state index is 0.140. The molecule has 0 saturated carbocycles. The van der Waals surface area contributed by atoms with Crippen molar-refractivity contribution in [2.75, 3.05) is 0 Å². The van der Waals surface area contributed by atoms with Gasteiger partial charge < -0.3 is 10.3 Å². The summed E-state index contributed by atoms with van der Waals surface area (Å²) < 4.78 is 3.71. The summed E-state index contributed by atoms with van der Waals surface area (Å²) in [4.78, 5) is 0. The summed E-state index contributed by atoms with van der Waals surface area (Å²) in [6, 6.07) is 4.05. The van der Waals surface area contributed by atoms with Crippen LogP contribution < -0.4 is 5.73 Å². The Bertz CT molecular complexity index is 661. The zero-order valence-electron chi connectivity index (χ0n) is 9.00. The van der Waals surface area contributed by atoms with Crippen molar-refractivity contribution in [3.63, 3.8) is 0 Å². The quantitative estimate of drug-likeness (QED) is 0.545. The minimum Gasteiger partial charge on any atom is -0.386 e. The van der Waals surface area contributed by atoms with E-state index >= 15 is 0 Å². The first kappa shape index (κ1) is 10.1. The van der Waals surface area contributed by atoms with Crippen molar-refractivity contribution in [1.29, 1.82) is 5.41 Å². The predicted molar refractivity (Wildman–Crippen MR) is 68.4 cm³/mol. The van der Waals surface area contributed by atoms with E-state index in [1.54, 1.807) is 15.9 Å². The van der Waals surface area contributed by atoms with E-state index in [1.165, 1.54) is 0 Å². The van der Waals surface area contributed by atoms with Gasteiger partial charge in [-0.15, -0.1) is 0 Å². The van der Waals surface area contributed by atoms with Crippen molar-refractivity contribution in [2.45, 2.75) is 6.54 Å². The zero-order chi connectivity index (χ0) is 11.8. The van der Waals surface area contributed by atoms with Crippen molar-refractivity contribution >= 4 is 22.8 Å². The molecule has 0 radical (unpaired) electrons. The molecule has 0 aliphatic heterocycles. The van der Waals surface area contributed by atoms with Gasteiger partial charge in [0.1, 0.15) is 11.5 Å². The maximum atomic E-state index is 7.32. The van der Waals surface area contributed by atoms with Crippen molar-refractivity contribution in [1.82, 2.24) is 14.2 Å². The summed E-state index contributed by atoms with van der Waals surface area (Å²) in [5.74, 6) is 0.140. The summed E-state index contributed by atoms with van der Waals surface area (Å²) in [5.41, 5.74) is 8.42. The van der Waals surface area contributed by atoms with E-state index in [2.05, 4.69) is 10.5 Å². The molecule has 0 bridgehead atoms. The van der Waals surface area contributed by atoms with Crippen LogP contribution in [0, 0.1) is 5.41 Å². The fourth-order valence-corrected chi connectivity index (χ4v) is 2.45. The monoisotopic (exact) mass is 245 g/mol. The highest BCUT2D eigenvalue weighted by atomic mass is 32.1. The molecule has 0 amide bonds. The lowest BCUT2D eigenvalue weighted by molar-refractivity contribution is 0.868. The van der Waals surface area contributed by atoms with E-state index < -0.39 is 0 Å². The van der Waals surface area contributed by atoms with Crippen molar-refractivity contribution in [3.05, 3.63) is 35.3 Å². The highest BCUT2D eigenvalue weighted by Crippen LogP contribution is 2.22. The van der Waals surface area contributed by atoms with Crippen LogP contribution in [0.5, 0.6) is 0 Å². The molecule has 3 heterocycles. The summed E-state index contributed by atoms with van der Waals surface area (Å²) >= 11 is 1.65. The van der Waals surface area contributed by atoms with E-state index in [4.69, 9.17) is 11.1 Å². The van der Waals surface area contributed by atoms with Crippen molar-refractivity contribution in [2.24, 2.45) is 5.73 Å². The number of amidine groups is 1.